The minimum absolute atomic E-state index is 0.0581. The Kier molecular flexibility index (Phi) is 2.83. The fourth-order valence-electron chi connectivity index (χ4n) is 0.843. The van der Waals surface area contributed by atoms with Crippen LogP contribution in [0.3, 0.4) is 0 Å². The van der Waals surface area contributed by atoms with Crippen molar-refractivity contribution in [3.63, 3.8) is 0 Å². The van der Waals surface area contributed by atoms with Crippen LogP contribution in [-0.4, -0.2) is 27.2 Å². The molecule has 0 saturated carbocycles. The molecular weight excluding hydrogens is 166 g/mol. The molecule has 1 aromatic heterocycles. The number of aryl methyl sites for hydroxylation is 1. The van der Waals surface area contributed by atoms with Crippen molar-refractivity contribution in [1.82, 2.24) is 9.97 Å². The molecule has 2 N–H and O–H groups in total. The zero-order chi connectivity index (χ0) is 9.90. The van der Waals surface area contributed by atoms with Gasteiger partial charge in [-0.1, -0.05) is 0 Å². The lowest BCUT2D eigenvalue weighted by Gasteiger charge is -2.23. The zero-order valence-electron chi connectivity index (χ0n) is 8.20. The SMILES string of the molecule is Cc1cnc(NC(C)(C)CO)cn1. The third kappa shape index (κ3) is 2.99. The van der Waals surface area contributed by atoms with Crippen molar-refractivity contribution >= 4 is 5.82 Å². The molecule has 1 heterocycles. The van der Waals surface area contributed by atoms with Crippen LogP contribution in [0, 0.1) is 6.92 Å². The molecule has 0 atom stereocenters. The molecule has 13 heavy (non-hydrogen) atoms. The highest BCUT2D eigenvalue weighted by Crippen LogP contribution is 2.10. The summed E-state index contributed by atoms with van der Waals surface area (Å²) in [5.41, 5.74) is 0.525. The van der Waals surface area contributed by atoms with Crippen molar-refractivity contribution in [2.45, 2.75) is 26.3 Å². The van der Waals surface area contributed by atoms with Crippen LogP contribution >= 0.6 is 0 Å². The van der Waals surface area contributed by atoms with Crippen LogP contribution in [0.2, 0.25) is 0 Å². The van der Waals surface area contributed by atoms with Crippen molar-refractivity contribution < 1.29 is 5.11 Å². The van der Waals surface area contributed by atoms with Crippen LogP contribution in [-0.2, 0) is 0 Å². The van der Waals surface area contributed by atoms with Gasteiger partial charge in [-0.2, -0.15) is 0 Å². The molecule has 72 valence electrons. The first kappa shape index (κ1) is 9.92. The Bertz CT molecular complexity index is 269. The third-order valence-electron chi connectivity index (χ3n) is 1.64. The third-order valence-corrected chi connectivity index (χ3v) is 1.64. The molecule has 0 bridgehead atoms. The maximum absolute atomic E-state index is 9.00. The summed E-state index contributed by atoms with van der Waals surface area (Å²) in [6, 6.07) is 0. The molecule has 0 saturated heterocycles. The van der Waals surface area contributed by atoms with Gasteiger partial charge in [0.1, 0.15) is 5.82 Å². The minimum atomic E-state index is -0.357. The first-order chi connectivity index (χ1) is 6.03. The molecule has 4 nitrogen and oxygen atoms in total. The predicted octanol–water partition coefficient (Wildman–Crippen LogP) is 0.968. The first-order valence-corrected chi connectivity index (χ1v) is 4.21. The molecule has 0 aliphatic carbocycles. The number of aromatic nitrogens is 2. The minimum Gasteiger partial charge on any atom is -0.394 e. The fourth-order valence-corrected chi connectivity index (χ4v) is 0.843. The monoisotopic (exact) mass is 181 g/mol. The van der Waals surface area contributed by atoms with Crippen molar-refractivity contribution in [1.29, 1.82) is 0 Å². The molecule has 0 unspecified atom stereocenters. The van der Waals surface area contributed by atoms with Crippen LogP contribution < -0.4 is 5.32 Å². The molecule has 0 amide bonds. The van der Waals surface area contributed by atoms with Crippen molar-refractivity contribution in [3.05, 3.63) is 18.1 Å². The van der Waals surface area contributed by atoms with Crippen LogP contribution in [0.25, 0.3) is 0 Å². The lowest BCUT2D eigenvalue weighted by atomic mass is 10.1. The summed E-state index contributed by atoms with van der Waals surface area (Å²) >= 11 is 0. The largest absolute Gasteiger partial charge is 0.394 e. The molecule has 0 spiro atoms. The van der Waals surface area contributed by atoms with Crippen molar-refractivity contribution in [2.24, 2.45) is 0 Å². The molecule has 0 aliphatic heterocycles. The summed E-state index contributed by atoms with van der Waals surface area (Å²) in [5.74, 6) is 0.685. The van der Waals surface area contributed by atoms with Crippen LogP contribution in [0.4, 0.5) is 5.82 Å². The second-order valence-electron chi connectivity index (χ2n) is 3.71. The summed E-state index contributed by atoms with van der Waals surface area (Å²) in [6.45, 7) is 5.74. The van der Waals surface area contributed by atoms with Gasteiger partial charge in [0.25, 0.3) is 0 Å². The summed E-state index contributed by atoms with van der Waals surface area (Å²) in [6.07, 6.45) is 3.35. The Balaban J connectivity index is 2.69. The fraction of sp³-hybridized carbons (Fsp3) is 0.556. The van der Waals surface area contributed by atoms with E-state index in [1.807, 2.05) is 20.8 Å². The summed E-state index contributed by atoms with van der Waals surface area (Å²) in [5, 5.41) is 12.1. The molecule has 0 aromatic carbocycles. The van der Waals surface area contributed by atoms with E-state index >= 15 is 0 Å². The zero-order valence-corrected chi connectivity index (χ0v) is 8.20. The quantitative estimate of drug-likeness (QED) is 0.729. The number of aliphatic hydroxyl groups excluding tert-OH is 1. The van der Waals surface area contributed by atoms with Crippen LogP contribution in [0.15, 0.2) is 12.4 Å². The second kappa shape index (κ2) is 3.70. The highest BCUT2D eigenvalue weighted by molar-refractivity contribution is 5.34. The van der Waals surface area contributed by atoms with Gasteiger partial charge in [0, 0.05) is 0 Å². The number of anilines is 1. The van der Waals surface area contributed by atoms with Gasteiger partial charge in [0.15, 0.2) is 0 Å². The van der Waals surface area contributed by atoms with E-state index in [-0.39, 0.29) is 12.1 Å². The molecule has 0 aliphatic rings. The summed E-state index contributed by atoms with van der Waals surface area (Å²) in [7, 11) is 0. The Hall–Kier alpha value is -1.16. The van der Waals surface area contributed by atoms with E-state index < -0.39 is 0 Å². The Morgan fingerprint density at radius 2 is 2.08 bits per heavy atom. The van der Waals surface area contributed by atoms with Gasteiger partial charge in [-0.05, 0) is 20.8 Å². The lowest BCUT2D eigenvalue weighted by Crippen LogP contribution is -2.35. The van der Waals surface area contributed by atoms with Crippen molar-refractivity contribution in [2.75, 3.05) is 11.9 Å². The average molecular weight is 181 g/mol. The molecule has 1 aromatic rings. The van der Waals surface area contributed by atoms with Crippen molar-refractivity contribution in [3.8, 4) is 0 Å². The number of hydrogen-bond donors (Lipinski definition) is 2. The average Bonchev–Trinajstić information content (AvgIpc) is 2.09. The van der Waals surface area contributed by atoms with Gasteiger partial charge in [0.2, 0.25) is 0 Å². The van der Waals surface area contributed by atoms with Gasteiger partial charge in [-0.3, -0.25) is 4.98 Å². The van der Waals surface area contributed by atoms with E-state index in [2.05, 4.69) is 15.3 Å². The lowest BCUT2D eigenvalue weighted by molar-refractivity contribution is 0.234. The summed E-state index contributed by atoms with van der Waals surface area (Å²) < 4.78 is 0. The number of nitrogens with zero attached hydrogens (tertiary/aromatic N) is 2. The number of rotatable bonds is 3. The molecule has 4 heteroatoms. The summed E-state index contributed by atoms with van der Waals surface area (Å²) in [4.78, 5) is 8.22. The van der Waals surface area contributed by atoms with Gasteiger partial charge >= 0.3 is 0 Å². The first-order valence-electron chi connectivity index (χ1n) is 4.21. The Labute approximate surface area is 78.0 Å². The topological polar surface area (TPSA) is 58.0 Å². The van der Waals surface area contributed by atoms with Crippen LogP contribution in [0.5, 0.6) is 0 Å². The molecule has 0 radical (unpaired) electrons. The normalized spacial score (nSPS) is 11.4. The van der Waals surface area contributed by atoms with E-state index in [4.69, 9.17) is 5.11 Å². The maximum Gasteiger partial charge on any atom is 0.144 e. The maximum atomic E-state index is 9.00. The second-order valence-corrected chi connectivity index (χ2v) is 3.71. The van der Waals surface area contributed by atoms with E-state index in [0.717, 1.165) is 5.69 Å². The van der Waals surface area contributed by atoms with Gasteiger partial charge in [-0.15, -0.1) is 0 Å². The van der Waals surface area contributed by atoms with E-state index in [9.17, 15) is 0 Å². The highest BCUT2D eigenvalue weighted by Gasteiger charge is 2.15. The van der Waals surface area contributed by atoms with E-state index in [0.29, 0.717) is 5.82 Å². The Morgan fingerprint density at radius 3 is 2.54 bits per heavy atom. The standard InChI is InChI=1S/C9H15N3O/c1-7-4-11-8(5-10-7)12-9(2,3)6-13/h4-5,13H,6H2,1-3H3,(H,11,12). The van der Waals surface area contributed by atoms with Gasteiger partial charge < -0.3 is 10.4 Å². The highest BCUT2D eigenvalue weighted by atomic mass is 16.3. The van der Waals surface area contributed by atoms with E-state index in [1.165, 1.54) is 0 Å². The van der Waals surface area contributed by atoms with Gasteiger partial charge in [0.05, 0.1) is 30.2 Å². The predicted molar refractivity (Wildman–Crippen MR) is 51.6 cm³/mol. The number of aliphatic hydroxyl groups is 1. The smallest absolute Gasteiger partial charge is 0.144 e. The number of hydrogen-bond acceptors (Lipinski definition) is 4. The Morgan fingerprint density at radius 1 is 1.38 bits per heavy atom. The van der Waals surface area contributed by atoms with Gasteiger partial charge in [-0.25, -0.2) is 4.98 Å². The number of nitrogens with one attached hydrogen (secondary N) is 1. The molecule has 0 fully saturated rings. The molecular formula is C9H15N3O. The van der Waals surface area contributed by atoms with E-state index in [1.54, 1.807) is 12.4 Å². The van der Waals surface area contributed by atoms with Crippen LogP contribution in [0.1, 0.15) is 19.5 Å². The molecule has 1 rings (SSSR count).